The highest BCUT2D eigenvalue weighted by molar-refractivity contribution is 5.91. The number of nitrogens with zero attached hydrogens (tertiary/aromatic N) is 2. The van der Waals surface area contributed by atoms with Crippen LogP contribution in [0.1, 0.15) is 26.3 Å². The summed E-state index contributed by atoms with van der Waals surface area (Å²) in [7, 11) is 0. The largest absolute Gasteiger partial charge is 0.478 e. The Hall–Kier alpha value is -4.00. The minimum Gasteiger partial charge on any atom is -0.478 e. The fourth-order valence-corrected chi connectivity index (χ4v) is 2.14. The molecule has 0 spiro atoms. The fraction of sp³-hybridized carbons (Fsp3) is 0. The molecular weight excluding hydrogens is 346 g/mol. The van der Waals surface area contributed by atoms with E-state index in [2.05, 4.69) is 15.5 Å². The van der Waals surface area contributed by atoms with Crippen molar-refractivity contribution in [2.24, 2.45) is 5.10 Å². The Bertz CT molecular complexity index is 953. The number of aromatic nitrogens is 1. The van der Waals surface area contributed by atoms with Crippen LogP contribution in [0.25, 0.3) is 0 Å². The number of ether oxygens (including phenoxy) is 1. The second-order valence-electron chi connectivity index (χ2n) is 5.45. The van der Waals surface area contributed by atoms with Gasteiger partial charge in [0, 0.05) is 12.4 Å². The average Bonchev–Trinajstić information content (AvgIpc) is 2.70. The number of rotatable bonds is 6. The molecular formula is C20H15N3O4. The standard InChI is InChI=1S/C20H15N3O4/c24-19(25)15-5-7-17(8-6-15)23-22-12-14-3-9-18(10-4-14)27-20(26)16-2-1-11-21-13-16/h1-13,23H,(H,24,25). The van der Waals surface area contributed by atoms with E-state index in [9.17, 15) is 9.59 Å². The van der Waals surface area contributed by atoms with Crippen LogP contribution in [-0.4, -0.2) is 28.2 Å². The van der Waals surface area contributed by atoms with Crippen LogP contribution in [0, 0.1) is 0 Å². The van der Waals surface area contributed by atoms with E-state index in [-0.39, 0.29) is 5.56 Å². The maximum atomic E-state index is 12.0. The first-order valence-electron chi connectivity index (χ1n) is 7.96. The van der Waals surface area contributed by atoms with E-state index in [0.29, 0.717) is 17.0 Å². The van der Waals surface area contributed by atoms with Gasteiger partial charge in [-0.2, -0.15) is 5.10 Å². The molecule has 7 nitrogen and oxygen atoms in total. The molecule has 2 N–H and O–H groups in total. The zero-order chi connectivity index (χ0) is 19.1. The number of hydrogen-bond donors (Lipinski definition) is 2. The molecule has 0 aliphatic rings. The van der Waals surface area contributed by atoms with Crippen molar-refractivity contribution in [3.05, 3.63) is 89.7 Å². The number of benzene rings is 2. The summed E-state index contributed by atoms with van der Waals surface area (Å²) >= 11 is 0. The topological polar surface area (TPSA) is 101 Å². The van der Waals surface area contributed by atoms with Gasteiger partial charge in [-0.05, 0) is 66.2 Å². The lowest BCUT2D eigenvalue weighted by Gasteiger charge is -2.04. The molecule has 0 atom stereocenters. The van der Waals surface area contributed by atoms with Gasteiger partial charge in [-0.15, -0.1) is 0 Å². The van der Waals surface area contributed by atoms with Crippen molar-refractivity contribution in [3.8, 4) is 5.75 Å². The van der Waals surface area contributed by atoms with E-state index in [1.165, 1.54) is 18.3 Å². The smallest absolute Gasteiger partial charge is 0.345 e. The Morgan fingerprint density at radius 1 is 1.00 bits per heavy atom. The minimum absolute atomic E-state index is 0.209. The van der Waals surface area contributed by atoms with Crippen molar-refractivity contribution in [2.45, 2.75) is 0 Å². The van der Waals surface area contributed by atoms with Crippen molar-refractivity contribution in [2.75, 3.05) is 5.43 Å². The van der Waals surface area contributed by atoms with Crippen LogP contribution in [0.5, 0.6) is 5.75 Å². The number of carboxylic acid groups (broad SMARTS) is 1. The zero-order valence-electron chi connectivity index (χ0n) is 14.1. The summed E-state index contributed by atoms with van der Waals surface area (Å²) in [6.07, 6.45) is 4.62. The molecule has 0 fully saturated rings. The molecule has 7 heteroatoms. The van der Waals surface area contributed by atoms with Gasteiger partial charge >= 0.3 is 11.9 Å². The monoisotopic (exact) mass is 361 g/mol. The lowest BCUT2D eigenvalue weighted by atomic mass is 10.2. The summed E-state index contributed by atoms with van der Waals surface area (Å²) in [6, 6.07) is 16.4. The summed E-state index contributed by atoms with van der Waals surface area (Å²) in [6.45, 7) is 0. The third-order valence-electron chi connectivity index (χ3n) is 3.53. The van der Waals surface area contributed by atoms with Gasteiger partial charge < -0.3 is 9.84 Å². The highest BCUT2D eigenvalue weighted by Gasteiger charge is 2.07. The average molecular weight is 361 g/mol. The highest BCUT2D eigenvalue weighted by Crippen LogP contribution is 2.14. The van der Waals surface area contributed by atoms with E-state index in [0.717, 1.165) is 5.56 Å². The van der Waals surface area contributed by atoms with Crippen molar-refractivity contribution >= 4 is 23.8 Å². The first-order valence-corrected chi connectivity index (χ1v) is 7.96. The molecule has 0 radical (unpaired) electrons. The summed E-state index contributed by atoms with van der Waals surface area (Å²) in [5, 5.41) is 12.9. The van der Waals surface area contributed by atoms with Crippen molar-refractivity contribution in [3.63, 3.8) is 0 Å². The summed E-state index contributed by atoms with van der Waals surface area (Å²) in [5.74, 6) is -1.04. The molecule has 134 valence electrons. The molecule has 0 unspecified atom stereocenters. The lowest BCUT2D eigenvalue weighted by molar-refractivity contribution is 0.0694. The summed E-state index contributed by atoms with van der Waals surface area (Å²) in [4.78, 5) is 26.6. The summed E-state index contributed by atoms with van der Waals surface area (Å²) in [5.41, 5.74) is 4.86. The Labute approximate surface area is 155 Å². The molecule has 2 aromatic carbocycles. The molecule has 0 saturated carbocycles. The van der Waals surface area contributed by atoms with Crippen LogP contribution in [-0.2, 0) is 0 Å². The fourth-order valence-electron chi connectivity index (χ4n) is 2.14. The Morgan fingerprint density at radius 3 is 2.37 bits per heavy atom. The van der Waals surface area contributed by atoms with E-state index in [4.69, 9.17) is 9.84 Å². The van der Waals surface area contributed by atoms with Gasteiger partial charge in [0.2, 0.25) is 0 Å². The molecule has 0 aliphatic carbocycles. The molecule has 3 rings (SSSR count). The van der Waals surface area contributed by atoms with Crippen LogP contribution in [0.2, 0.25) is 0 Å². The number of pyridine rings is 1. The minimum atomic E-state index is -0.977. The molecule has 1 aromatic heterocycles. The van der Waals surface area contributed by atoms with Crippen molar-refractivity contribution in [1.29, 1.82) is 0 Å². The van der Waals surface area contributed by atoms with Gasteiger partial charge in [-0.25, -0.2) is 9.59 Å². The lowest BCUT2D eigenvalue weighted by Crippen LogP contribution is -2.08. The predicted octanol–water partition coefficient (Wildman–Crippen LogP) is 3.45. The van der Waals surface area contributed by atoms with E-state index < -0.39 is 11.9 Å². The van der Waals surface area contributed by atoms with Crippen LogP contribution < -0.4 is 10.2 Å². The van der Waals surface area contributed by atoms with Crippen LogP contribution in [0.3, 0.4) is 0 Å². The van der Waals surface area contributed by atoms with Crippen LogP contribution >= 0.6 is 0 Å². The molecule has 3 aromatic rings. The maximum Gasteiger partial charge on any atom is 0.345 e. The first kappa shape index (κ1) is 17.8. The number of anilines is 1. The SMILES string of the molecule is O=C(O)c1ccc(NN=Cc2ccc(OC(=O)c3cccnc3)cc2)cc1. The van der Waals surface area contributed by atoms with Gasteiger partial charge in [0.25, 0.3) is 0 Å². The first-order chi connectivity index (χ1) is 13.1. The quantitative estimate of drug-likeness (QED) is 0.302. The predicted molar refractivity (Wildman–Crippen MR) is 100 cm³/mol. The molecule has 0 amide bonds. The third kappa shape index (κ3) is 4.99. The number of carboxylic acids is 1. The molecule has 0 aliphatic heterocycles. The number of carbonyl (C=O) groups excluding carboxylic acids is 1. The molecule has 0 bridgehead atoms. The van der Waals surface area contributed by atoms with E-state index in [1.807, 2.05) is 0 Å². The third-order valence-corrected chi connectivity index (χ3v) is 3.53. The Balaban J connectivity index is 1.56. The molecule has 1 heterocycles. The van der Waals surface area contributed by atoms with Gasteiger partial charge in [0.05, 0.1) is 23.0 Å². The number of hydrazone groups is 1. The Morgan fingerprint density at radius 2 is 1.74 bits per heavy atom. The number of nitrogens with one attached hydrogen (secondary N) is 1. The van der Waals surface area contributed by atoms with Gasteiger partial charge in [-0.1, -0.05) is 0 Å². The van der Waals surface area contributed by atoms with Crippen molar-refractivity contribution < 1.29 is 19.4 Å². The number of aromatic carboxylic acids is 1. The normalized spacial score (nSPS) is 10.5. The van der Waals surface area contributed by atoms with Crippen LogP contribution in [0.4, 0.5) is 5.69 Å². The van der Waals surface area contributed by atoms with E-state index in [1.54, 1.807) is 60.9 Å². The van der Waals surface area contributed by atoms with Gasteiger partial charge in [0.1, 0.15) is 5.75 Å². The zero-order valence-corrected chi connectivity index (χ0v) is 14.1. The maximum absolute atomic E-state index is 12.0. The van der Waals surface area contributed by atoms with Crippen LogP contribution in [0.15, 0.2) is 78.2 Å². The van der Waals surface area contributed by atoms with Gasteiger partial charge in [-0.3, -0.25) is 10.4 Å². The molecule has 0 saturated heterocycles. The summed E-state index contributed by atoms with van der Waals surface area (Å²) < 4.78 is 5.27. The number of esters is 1. The van der Waals surface area contributed by atoms with Gasteiger partial charge in [0.15, 0.2) is 0 Å². The molecule has 27 heavy (non-hydrogen) atoms. The second-order valence-corrected chi connectivity index (χ2v) is 5.45. The van der Waals surface area contributed by atoms with Crippen molar-refractivity contribution in [1.82, 2.24) is 4.98 Å². The van der Waals surface area contributed by atoms with E-state index >= 15 is 0 Å². The Kier molecular flexibility index (Phi) is 5.54. The highest BCUT2D eigenvalue weighted by atomic mass is 16.5. The number of hydrogen-bond acceptors (Lipinski definition) is 6. The second kappa shape index (κ2) is 8.39. The number of carbonyl (C=O) groups is 2.